The first kappa shape index (κ1) is 16.5. The van der Waals surface area contributed by atoms with Crippen molar-refractivity contribution in [3.8, 4) is 5.75 Å². The largest absolute Gasteiger partial charge is 0.491 e. The molecule has 0 atom stereocenters. The predicted molar refractivity (Wildman–Crippen MR) is 80.3 cm³/mol. The Labute approximate surface area is 120 Å². The molecule has 0 aliphatic heterocycles. The summed E-state index contributed by atoms with van der Waals surface area (Å²) in [5.41, 5.74) is 1.79. The number of aryl methyl sites for hydroxylation is 1. The van der Waals surface area contributed by atoms with Gasteiger partial charge in [0.25, 0.3) is 0 Å². The molecule has 112 valence electrons. The van der Waals surface area contributed by atoms with Crippen LogP contribution in [0.3, 0.4) is 0 Å². The van der Waals surface area contributed by atoms with Crippen molar-refractivity contribution in [1.29, 1.82) is 0 Å². The maximum absolute atomic E-state index is 11.7. The molecule has 5 heteroatoms. The minimum absolute atomic E-state index is 0.0678. The number of anilines is 1. The van der Waals surface area contributed by atoms with Crippen LogP contribution < -0.4 is 15.4 Å². The molecule has 0 fully saturated rings. The number of carbonyl (C=O) groups is 1. The third-order valence-electron chi connectivity index (χ3n) is 2.61. The molecule has 20 heavy (non-hydrogen) atoms. The lowest BCUT2D eigenvalue weighted by atomic mass is 10.2. The Bertz CT molecular complexity index is 433. The Morgan fingerprint density at radius 2 is 2.10 bits per heavy atom. The number of hydrogen-bond acceptors (Lipinski definition) is 4. The van der Waals surface area contributed by atoms with Crippen molar-refractivity contribution in [1.82, 2.24) is 5.32 Å². The van der Waals surface area contributed by atoms with Crippen LogP contribution in [0.15, 0.2) is 18.2 Å². The maximum atomic E-state index is 11.7. The van der Waals surface area contributed by atoms with Gasteiger partial charge < -0.3 is 20.1 Å². The number of nitrogens with one attached hydrogen (secondary N) is 2. The topological polar surface area (TPSA) is 59.6 Å². The third kappa shape index (κ3) is 6.04. The van der Waals surface area contributed by atoms with Crippen LogP contribution in [0.2, 0.25) is 0 Å². The summed E-state index contributed by atoms with van der Waals surface area (Å²) in [6.07, 6.45) is 0.139. The van der Waals surface area contributed by atoms with Crippen molar-refractivity contribution in [2.45, 2.75) is 26.9 Å². The fraction of sp³-hybridized carbons (Fsp3) is 0.533. The van der Waals surface area contributed by atoms with Crippen LogP contribution in [0, 0.1) is 6.92 Å². The van der Waals surface area contributed by atoms with Crippen LogP contribution in [-0.2, 0) is 9.53 Å². The molecule has 0 unspecified atom stereocenters. The number of amides is 1. The molecular weight excluding hydrogens is 256 g/mol. The van der Waals surface area contributed by atoms with Crippen LogP contribution in [0.1, 0.15) is 19.4 Å². The quantitative estimate of drug-likeness (QED) is 0.715. The van der Waals surface area contributed by atoms with Gasteiger partial charge in [-0.3, -0.25) is 4.79 Å². The summed E-state index contributed by atoms with van der Waals surface area (Å²) in [5.74, 6) is 0.746. The lowest BCUT2D eigenvalue weighted by molar-refractivity contribution is -0.115. The fourth-order valence-corrected chi connectivity index (χ4v) is 1.69. The van der Waals surface area contributed by atoms with Crippen LogP contribution in [-0.4, -0.2) is 38.8 Å². The zero-order valence-corrected chi connectivity index (χ0v) is 12.7. The Kier molecular flexibility index (Phi) is 7.04. The second kappa shape index (κ2) is 8.55. The number of carbonyl (C=O) groups excluding carboxylic acids is 1. The van der Waals surface area contributed by atoms with Crippen molar-refractivity contribution in [2.24, 2.45) is 0 Å². The number of methoxy groups -OCH3 is 1. The lowest BCUT2D eigenvalue weighted by Gasteiger charge is -2.13. The van der Waals surface area contributed by atoms with E-state index in [2.05, 4.69) is 10.6 Å². The van der Waals surface area contributed by atoms with Gasteiger partial charge >= 0.3 is 0 Å². The molecular formula is C15H24N2O3. The first-order valence-electron chi connectivity index (χ1n) is 6.79. The molecule has 0 aliphatic carbocycles. The molecule has 0 aromatic heterocycles. The molecule has 5 nitrogen and oxygen atoms in total. The summed E-state index contributed by atoms with van der Waals surface area (Å²) in [6.45, 7) is 7.43. The highest BCUT2D eigenvalue weighted by Gasteiger charge is 2.06. The normalized spacial score (nSPS) is 10.7. The van der Waals surface area contributed by atoms with Gasteiger partial charge in [-0.2, -0.15) is 0 Å². The van der Waals surface area contributed by atoms with Gasteiger partial charge in [0.2, 0.25) is 5.91 Å². The minimum atomic E-state index is -0.0678. The number of ether oxygens (including phenoxy) is 2. The summed E-state index contributed by atoms with van der Waals surface area (Å²) >= 11 is 0. The lowest BCUT2D eigenvalue weighted by Crippen LogP contribution is -2.30. The second-order valence-corrected chi connectivity index (χ2v) is 4.86. The van der Waals surface area contributed by atoms with E-state index in [1.54, 1.807) is 7.11 Å². The standard InChI is InChI=1S/C15H24N2O3/c1-11(2)20-13-5-6-14(12(3)9-13)17-15(18)10-16-7-8-19-4/h5-6,9,11,16H,7-8,10H2,1-4H3,(H,17,18). The average Bonchev–Trinajstić information content (AvgIpc) is 2.37. The van der Waals surface area contributed by atoms with Gasteiger partial charge in [0.1, 0.15) is 5.75 Å². The fourth-order valence-electron chi connectivity index (χ4n) is 1.69. The van der Waals surface area contributed by atoms with Gasteiger partial charge in [0.05, 0.1) is 19.3 Å². The summed E-state index contributed by atoms with van der Waals surface area (Å²) in [6, 6.07) is 5.65. The van der Waals surface area contributed by atoms with Crippen molar-refractivity contribution < 1.29 is 14.3 Å². The van der Waals surface area contributed by atoms with E-state index in [1.165, 1.54) is 0 Å². The van der Waals surface area contributed by atoms with Gasteiger partial charge in [-0.25, -0.2) is 0 Å². The van der Waals surface area contributed by atoms with E-state index in [-0.39, 0.29) is 18.6 Å². The first-order chi connectivity index (χ1) is 9.52. The van der Waals surface area contributed by atoms with E-state index in [0.717, 1.165) is 17.0 Å². The predicted octanol–water partition coefficient (Wildman–Crippen LogP) is 1.96. The number of hydrogen-bond donors (Lipinski definition) is 2. The zero-order valence-electron chi connectivity index (χ0n) is 12.7. The molecule has 1 amide bonds. The second-order valence-electron chi connectivity index (χ2n) is 4.86. The van der Waals surface area contributed by atoms with Crippen LogP contribution in [0.25, 0.3) is 0 Å². The molecule has 0 heterocycles. The van der Waals surface area contributed by atoms with Crippen molar-refractivity contribution in [3.63, 3.8) is 0 Å². The van der Waals surface area contributed by atoms with E-state index in [0.29, 0.717) is 13.2 Å². The van der Waals surface area contributed by atoms with E-state index in [4.69, 9.17) is 9.47 Å². The Hall–Kier alpha value is -1.59. The van der Waals surface area contributed by atoms with Gasteiger partial charge in [-0.15, -0.1) is 0 Å². The first-order valence-corrected chi connectivity index (χ1v) is 6.79. The van der Waals surface area contributed by atoms with Crippen molar-refractivity contribution >= 4 is 11.6 Å². The van der Waals surface area contributed by atoms with Crippen LogP contribution in [0.5, 0.6) is 5.75 Å². The van der Waals surface area contributed by atoms with E-state index < -0.39 is 0 Å². The van der Waals surface area contributed by atoms with Gasteiger partial charge in [0, 0.05) is 19.3 Å². The molecule has 0 bridgehead atoms. The van der Waals surface area contributed by atoms with Gasteiger partial charge in [-0.05, 0) is 44.5 Å². The highest BCUT2D eigenvalue weighted by atomic mass is 16.5. The zero-order chi connectivity index (χ0) is 15.0. The highest BCUT2D eigenvalue weighted by molar-refractivity contribution is 5.93. The monoisotopic (exact) mass is 280 g/mol. The molecule has 0 saturated heterocycles. The smallest absolute Gasteiger partial charge is 0.238 e. The van der Waals surface area contributed by atoms with E-state index >= 15 is 0 Å². The molecule has 1 aromatic rings. The molecule has 0 spiro atoms. The van der Waals surface area contributed by atoms with Crippen LogP contribution >= 0.6 is 0 Å². The van der Waals surface area contributed by atoms with Gasteiger partial charge in [0.15, 0.2) is 0 Å². The maximum Gasteiger partial charge on any atom is 0.238 e. The molecule has 0 radical (unpaired) electrons. The summed E-state index contributed by atoms with van der Waals surface area (Å²) in [4.78, 5) is 11.7. The van der Waals surface area contributed by atoms with Gasteiger partial charge in [-0.1, -0.05) is 0 Å². The molecule has 1 rings (SSSR count). The Balaban J connectivity index is 2.49. The SMILES string of the molecule is COCCNCC(=O)Nc1ccc(OC(C)C)cc1C. The highest BCUT2D eigenvalue weighted by Crippen LogP contribution is 2.22. The molecule has 2 N–H and O–H groups in total. The molecule has 0 aliphatic rings. The minimum Gasteiger partial charge on any atom is -0.491 e. The Morgan fingerprint density at radius 3 is 2.70 bits per heavy atom. The summed E-state index contributed by atoms with van der Waals surface area (Å²) in [7, 11) is 1.63. The molecule has 0 saturated carbocycles. The Morgan fingerprint density at radius 1 is 1.35 bits per heavy atom. The number of rotatable bonds is 8. The van der Waals surface area contributed by atoms with Crippen molar-refractivity contribution in [3.05, 3.63) is 23.8 Å². The van der Waals surface area contributed by atoms with Crippen LogP contribution in [0.4, 0.5) is 5.69 Å². The summed E-state index contributed by atoms with van der Waals surface area (Å²) in [5, 5.41) is 5.87. The molecule has 1 aromatic carbocycles. The summed E-state index contributed by atoms with van der Waals surface area (Å²) < 4.78 is 10.5. The van der Waals surface area contributed by atoms with E-state index in [1.807, 2.05) is 39.0 Å². The number of benzene rings is 1. The average molecular weight is 280 g/mol. The van der Waals surface area contributed by atoms with Crippen molar-refractivity contribution in [2.75, 3.05) is 32.1 Å². The van der Waals surface area contributed by atoms with E-state index in [9.17, 15) is 4.79 Å². The third-order valence-corrected chi connectivity index (χ3v) is 2.61.